The normalized spacial score (nSPS) is 10.5. The van der Waals surface area contributed by atoms with Gasteiger partial charge in [0, 0.05) is 17.6 Å². The lowest BCUT2D eigenvalue weighted by Gasteiger charge is -2.15. The van der Waals surface area contributed by atoms with E-state index >= 15 is 0 Å². The van der Waals surface area contributed by atoms with Gasteiger partial charge in [-0.15, -0.1) is 11.8 Å². The molecule has 0 saturated heterocycles. The molecule has 24 heavy (non-hydrogen) atoms. The molecule has 0 atom stereocenters. The first-order valence-electron chi connectivity index (χ1n) is 7.43. The Hall–Kier alpha value is -1.69. The lowest BCUT2D eigenvalue weighted by Crippen LogP contribution is -2.15. The summed E-state index contributed by atoms with van der Waals surface area (Å²) in [5.74, 6) is 0.255. The zero-order valence-electron chi connectivity index (χ0n) is 13.9. The number of halogens is 1. The maximum absolute atomic E-state index is 12.7. The van der Waals surface area contributed by atoms with Crippen molar-refractivity contribution in [3.63, 3.8) is 0 Å². The summed E-state index contributed by atoms with van der Waals surface area (Å²) in [7, 11) is 1.60. The third kappa shape index (κ3) is 4.66. The van der Waals surface area contributed by atoms with Crippen LogP contribution >= 0.6 is 23.4 Å². The highest BCUT2D eigenvalue weighted by Gasteiger charge is 2.15. The monoisotopic (exact) mass is 365 g/mol. The second-order valence-corrected chi connectivity index (χ2v) is 6.38. The second-order valence-electron chi connectivity index (χ2n) is 5.09. The maximum atomic E-state index is 12.7. The number of methoxy groups -OCH3 is 1. The predicted molar refractivity (Wildman–Crippen MR) is 99.7 cm³/mol. The van der Waals surface area contributed by atoms with Crippen LogP contribution in [0.15, 0.2) is 41.3 Å². The van der Waals surface area contributed by atoms with E-state index in [1.165, 1.54) is 0 Å². The van der Waals surface area contributed by atoms with Gasteiger partial charge in [-0.05, 0) is 43.0 Å². The van der Waals surface area contributed by atoms with Gasteiger partial charge < -0.3 is 14.8 Å². The number of aryl methyl sites for hydroxylation is 1. The molecule has 0 radical (unpaired) electrons. The van der Waals surface area contributed by atoms with Crippen molar-refractivity contribution >= 4 is 35.0 Å². The summed E-state index contributed by atoms with van der Waals surface area (Å²) in [6.45, 7) is 2.70. The van der Waals surface area contributed by atoms with Crippen molar-refractivity contribution in [1.82, 2.24) is 0 Å². The summed E-state index contributed by atoms with van der Waals surface area (Å²) in [5, 5.41) is 3.33. The van der Waals surface area contributed by atoms with Gasteiger partial charge in [0.2, 0.25) is 0 Å². The number of anilines is 1. The Bertz CT molecular complexity index is 721. The molecule has 1 amide bonds. The molecule has 0 heterocycles. The number of nitrogens with one attached hydrogen (secondary N) is 1. The molecular weight excluding hydrogens is 346 g/mol. The summed E-state index contributed by atoms with van der Waals surface area (Å²) in [6.07, 6.45) is 1.98. The van der Waals surface area contributed by atoms with Crippen molar-refractivity contribution in [3.8, 4) is 5.75 Å². The molecule has 0 aromatic heterocycles. The minimum atomic E-state index is -0.192. The first kappa shape index (κ1) is 18.6. The number of carbonyl (C=O) groups is 1. The minimum absolute atomic E-state index is 0.192. The average Bonchev–Trinajstić information content (AvgIpc) is 2.57. The third-order valence-corrected chi connectivity index (χ3v) is 4.46. The van der Waals surface area contributed by atoms with Crippen molar-refractivity contribution < 1.29 is 14.3 Å². The number of amides is 1. The molecule has 2 rings (SSSR count). The van der Waals surface area contributed by atoms with E-state index in [2.05, 4.69) is 5.32 Å². The fourth-order valence-corrected chi connectivity index (χ4v) is 2.81. The van der Waals surface area contributed by atoms with Gasteiger partial charge in [-0.2, -0.15) is 0 Å². The third-order valence-electron chi connectivity index (χ3n) is 3.44. The SMILES string of the molecule is COCCOc1c(Cl)cccc1NC(=O)c1cc(SC)ccc1C. The molecule has 128 valence electrons. The fourth-order valence-electron chi connectivity index (χ4n) is 2.14. The topological polar surface area (TPSA) is 47.6 Å². The molecule has 0 spiro atoms. The van der Waals surface area contributed by atoms with Crippen LogP contribution in [0.2, 0.25) is 5.02 Å². The van der Waals surface area contributed by atoms with Crippen LogP contribution in [0, 0.1) is 6.92 Å². The van der Waals surface area contributed by atoms with Crippen molar-refractivity contribution in [3.05, 3.63) is 52.5 Å². The summed E-state index contributed by atoms with van der Waals surface area (Å²) in [4.78, 5) is 13.7. The smallest absolute Gasteiger partial charge is 0.256 e. The molecule has 0 aliphatic heterocycles. The Balaban J connectivity index is 2.24. The highest BCUT2D eigenvalue weighted by atomic mass is 35.5. The number of rotatable bonds is 7. The molecule has 0 aliphatic carbocycles. The highest BCUT2D eigenvalue weighted by Crippen LogP contribution is 2.33. The molecule has 0 bridgehead atoms. The van der Waals surface area contributed by atoms with Crippen molar-refractivity contribution in [2.75, 3.05) is 31.9 Å². The Morgan fingerprint density at radius 1 is 1.25 bits per heavy atom. The average molecular weight is 366 g/mol. The van der Waals surface area contributed by atoms with E-state index < -0.39 is 0 Å². The summed E-state index contributed by atoms with van der Waals surface area (Å²) < 4.78 is 10.6. The number of carbonyl (C=O) groups excluding carboxylic acids is 1. The molecule has 0 unspecified atom stereocenters. The van der Waals surface area contributed by atoms with Crippen LogP contribution in [0.3, 0.4) is 0 Å². The summed E-state index contributed by atoms with van der Waals surface area (Å²) >= 11 is 7.79. The van der Waals surface area contributed by atoms with Gasteiger partial charge >= 0.3 is 0 Å². The second kappa shape index (κ2) is 8.97. The molecule has 1 N–H and O–H groups in total. The Labute approximate surface area is 151 Å². The lowest BCUT2D eigenvalue weighted by molar-refractivity contribution is 0.102. The lowest BCUT2D eigenvalue weighted by atomic mass is 10.1. The van der Waals surface area contributed by atoms with Gasteiger partial charge in [0.15, 0.2) is 5.75 Å². The summed E-state index contributed by atoms with van der Waals surface area (Å²) in [5.41, 5.74) is 2.08. The van der Waals surface area contributed by atoms with E-state index in [9.17, 15) is 4.79 Å². The van der Waals surface area contributed by atoms with E-state index in [1.54, 1.807) is 37.1 Å². The van der Waals surface area contributed by atoms with Gasteiger partial charge in [-0.25, -0.2) is 0 Å². The van der Waals surface area contributed by atoms with Crippen LogP contribution in [0.1, 0.15) is 15.9 Å². The standard InChI is InChI=1S/C18H20ClNO3S/c1-12-7-8-13(24-3)11-14(12)18(21)20-16-6-4-5-15(19)17(16)23-10-9-22-2/h4-8,11H,9-10H2,1-3H3,(H,20,21). The first-order valence-corrected chi connectivity index (χ1v) is 9.03. The van der Waals surface area contributed by atoms with Crippen LogP contribution in [0.25, 0.3) is 0 Å². The Kier molecular flexibility index (Phi) is 6.97. The number of ether oxygens (including phenoxy) is 2. The minimum Gasteiger partial charge on any atom is -0.487 e. The molecular formula is C18H20ClNO3S. The highest BCUT2D eigenvalue weighted by molar-refractivity contribution is 7.98. The molecule has 6 heteroatoms. The number of benzene rings is 2. The Morgan fingerprint density at radius 2 is 2.04 bits per heavy atom. The number of para-hydroxylation sites is 1. The van der Waals surface area contributed by atoms with E-state index in [-0.39, 0.29) is 5.91 Å². The molecule has 0 aliphatic rings. The predicted octanol–water partition coefficient (Wildman–Crippen LogP) is 4.65. The molecule has 4 nitrogen and oxygen atoms in total. The van der Waals surface area contributed by atoms with Crippen LogP contribution in [0.4, 0.5) is 5.69 Å². The molecule has 0 saturated carbocycles. The van der Waals surface area contributed by atoms with E-state index in [0.717, 1.165) is 10.5 Å². The van der Waals surface area contributed by atoms with Crippen LogP contribution in [-0.4, -0.2) is 32.5 Å². The van der Waals surface area contributed by atoms with Gasteiger partial charge in [0.25, 0.3) is 5.91 Å². The van der Waals surface area contributed by atoms with E-state index in [1.807, 2.05) is 31.4 Å². The van der Waals surface area contributed by atoms with Crippen molar-refractivity contribution in [2.45, 2.75) is 11.8 Å². The van der Waals surface area contributed by atoms with Gasteiger partial charge in [-0.1, -0.05) is 23.7 Å². The van der Waals surface area contributed by atoms with Crippen LogP contribution in [-0.2, 0) is 4.74 Å². The molecule has 0 fully saturated rings. The van der Waals surface area contributed by atoms with Gasteiger partial charge in [0.05, 0.1) is 17.3 Å². The van der Waals surface area contributed by atoms with Gasteiger partial charge in [0.1, 0.15) is 6.61 Å². The first-order chi connectivity index (χ1) is 11.6. The van der Waals surface area contributed by atoms with E-state index in [0.29, 0.717) is 35.2 Å². The number of hydrogen-bond donors (Lipinski definition) is 1. The maximum Gasteiger partial charge on any atom is 0.256 e. The van der Waals surface area contributed by atoms with Crippen LogP contribution in [0.5, 0.6) is 5.75 Å². The van der Waals surface area contributed by atoms with Crippen LogP contribution < -0.4 is 10.1 Å². The zero-order valence-corrected chi connectivity index (χ0v) is 15.5. The molecule has 2 aromatic rings. The van der Waals surface area contributed by atoms with Gasteiger partial charge in [-0.3, -0.25) is 4.79 Å². The van der Waals surface area contributed by atoms with E-state index in [4.69, 9.17) is 21.1 Å². The molecule has 2 aromatic carbocycles. The van der Waals surface area contributed by atoms with Crippen molar-refractivity contribution in [1.29, 1.82) is 0 Å². The largest absolute Gasteiger partial charge is 0.487 e. The number of hydrogen-bond acceptors (Lipinski definition) is 4. The number of thioether (sulfide) groups is 1. The zero-order chi connectivity index (χ0) is 17.5. The fraction of sp³-hybridized carbons (Fsp3) is 0.278. The summed E-state index contributed by atoms with van der Waals surface area (Å²) in [6, 6.07) is 11.1. The Morgan fingerprint density at radius 3 is 2.75 bits per heavy atom. The quantitative estimate of drug-likeness (QED) is 0.573. The van der Waals surface area contributed by atoms with Crippen molar-refractivity contribution in [2.24, 2.45) is 0 Å².